The van der Waals surface area contributed by atoms with Crippen molar-refractivity contribution in [1.29, 1.82) is 0 Å². The summed E-state index contributed by atoms with van der Waals surface area (Å²) in [6.45, 7) is 5.67. The number of carbonyl (C=O) groups is 1. The van der Waals surface area contributed by atoms with Gasteiger partial charge in [-0.1, -0.05) is 31.2 Å². The van der Waals surface area contributed by atoms with Gasteiger partial charge in [0.05, 0.1) is 7.11 Å². The van der Waals surface area contributed by atoms with Crippen molar-refractivity contribution >= 4 is 16.9 Å². The van der Waals surface area contributed by atoms with Gasteiger partial charge in [0.2, 0.25) is 0 Å². The van der Waals surface area contributed by atoms with Crippen molar-refractivity contribution in [3.8, 4) is 0 Å². The van der Waals surface area contributed by atoms with E-state index in [4.69, 9.17) is 10.5 Å². The second-order valence-corrected chi connectivity index (χ2v) is 5.46. The van der Waals surface area contributed by atoms with Crippen molar-refractivity contribution in [3.63, 3.8) is 0 Å². The van der Waals surface area contributed by atoms with Gasteiger partial charge in [-0.05, 0) is 18.1 Å². The predicted molar refractivity (Wildman–Crippen MR) is 85.1 cm³/mol. The zero-order valence-electron chi connectivity index (χ0n) is 12.8. The Morgan fingerprint density at radius 1 is 1.52 bits per heavy atom. The van der Waals surface area contributed by atoms with E-state index in [1.165, 1.54) is 7.11 Å². The van der Waals surface area contributed by atoms with E-state index in [1.807, 2.05) is 42.9 Å². The lowest BCUT2D eigenvalue weighted by Crippen LogP contribution is -2.52. The Labute approximate surface area is 125 Å². The van der Waals surface area contributed by atoms with Crippen molar-refractivity contribution in [1.82, 2.24) is 4.57 Å². The Morgan fingerprint density at radius 3 is 2.81 bits per heavy atom. The number of esters is 1. The maximum Gasteiger partial charge on any atom is 0.326 e. The van der Waals surface area contributed by atoms with E-state index in [-0.39, 0.29) is 5.92 Å². The monoisotopic (exact) mass is 286 g/mol. The van der Waals surface area contributed by atoms with E-state index in [0.29, 0.717) is 6.42 Å². The molecule has 21 heavy (non-hydrogen) atoms. The Bertz CT molecular complexity index is 674. The minimum atomic E-state index is -1.11. The molecule has 2 unspecified atom stereocenters. The molecule has 2 aromatic rings. The van der Waals surface area contributed by atoms with Crippen molar-refractivity contribution in [3.05, 3.63) is 48.7 Å². The fourth-order valence-corrected chi connectivity index (χ4v) is 2.86. The molecule has 0 bridgehead atoms. The number of carbonyl (C=O) groups excluding carboxylic acids is 1. The fraction of sp³-hybridized carbons (Fsp3) is 0.353. The zero-order chi connectivity index (χ0) is 15.6. The standard InChI is InChI=1S/C17H22N2O2/c1-5-10-17(18,16(20)21-4)12(2)14-11-19(3)15-9-7-6-8-13(14)15/h5-9,11-12H,1,10,18H2,2-4H3. The molecule has 4 nitrogen and oxygen atoms in total. The highest BCUT2D eigenvalue weighted by atomic mass is 16.5. The third kappa shape index (κ3) is 2.47. The van der Waals surface area contributed by atoms with E-state index in [9.17, 15) is 4.79 Å². The SMILES string of the molecule is C=CCC(N)(C(=O)OC)C(C)c1cn(C)c2ccccc12. The molecule has 0 aliphatic heterocycles. The highest BCUT2D eigenvalue weighted by Crippen LogP contribution is 2.35. The summed E-state index contributed by atoms with van der Waals surface area (Å²) in [5, 5.41) is 1.11. The summed E-state index contributed by atoms with van der Waals surface area (Å²) < 4.78 is 6.96. The molecule has 4 heteroatoms. The summed E-state index contributed by atoms with van der Waals surface area (Å²) >= 11 is 0. The molecular weight excluding hydrogens is 264 g/mol. The summed E-state index contributed by atoms with van der Waals surface area (Å²) in [6, 6.07) is 8.08. The number of fused-ring (bicyclic) bond motifs is 1. The van der Waals surface area contributed by atoms with Gasteiger partial charge >= 0.3 is 5.97 Å². The number of aryl methyl sites for hydroxylation is 1. The molecule has 0 amide bonds. The van der Waals surface area contributed by atoms with Gasteiger partial charge in [0.1, 0.15) is 5.54 Å². The lowest BCUT2D eigenvalue weighted by Gasteiger charge is -2.31. The number of benzene rings is 1. The molecule has 0 fully saturated rings. The van der Waals surface area contributed by atoms with E-state index >= 15 is 0 Å². The first-order valence-corrected chi connectivity index (χ1v) is 6.97. The van der Waals surface area contributed by atoms with Crippen LogP contribution in [0.4, 0.5) is 0 Å². The lowest BCUT2D eigenvalue weighted by molar-refractivity contribution is -0.147. The van der Waals surface area contributed by atoms with Gasteiger partial charge in [0.25, 0.3) is 0 Å². The molecule has 2 N–H and O–H groups in total. The minimum absolute atomic E-state index is 0.186. The van der Waals surface area contributed by atoms with Gasteiger partial charge in [0.15, 0.2) is 0 Å². The number of aromatic nitrogens is 1. The molecule has 0 saturated heterocycles. The van der Waals surface area contributed by atoms with Crippen molar-refractivity contribution in [2.45, 2.75) is 24.8 Å². The summed E-state index contributed by atoms with van der Waals surface area (Å²) in [5.74, 6) is -0.600. The quantitative estimate of drug-likeness (QED) is 0.679. The summed E-state index contributed by atoms with van der Waals surface area (Å²) in [6.07, 6.45) is 4.06. The molecule has 1 heterocycles. The molecule has 1 aromatic heterocycles. The topological polar surface area (TPSA) is 57.3 Å². The number of ether oxygens (including phenoxy) is 1. The van der Waals surface area contributed by atoms with Gasteiger partial charge in [-0.2, -0.15) is 0 Å². The van der Waals surface area contributed by atoms with Crippen LogP contribution in [0.1, 0.15) is 24.8 Å². The van der Waals surface area contributed by atoms with E-state index < -0.39 is 11.5 Å². The van der Waals surface area contributed by atoms with E-state index in [2.05, 4.69) is 12.6 Å². The van der Waals surface area contributed by atoms with E-state index in [1.54, 1.807) is 6.08 Å². The van der Waals surface area contributed by atoms with Gasteiger partial charge in [-0.25, -0.2) is 0 Å². The second-order valence-electron chi connectivity index (χ2n) is 5.46. The first kappa shape index (κ1) is 15.3. The van der Waals surface area contributed by atoms with Gasteiger partial charge in [-0.3, -0.25) is 4.79 Å². The Kier molecular flexibility index (Phi) is 4.19. The molecule has 0 spiro atoms. The Balaban J connectivity index is 2.56. The van der Waals surface area contributed by atoms with Crippen LogP contribution in [0.15, 0.2) is 43.1 Å². The highest BCUT2D eigenvalue weighted by molar-refractivity contribution is 5.88. The number of nitrogens with two attached hydrogens (primary N) is 1. The normalized spacial score (nSPS) is 15.4. The molecular formula is C17H22N2O2. The van der Waals surface area contributed by atoms with Gasteiger partial charge in [-0.15, -0.1) is 6.58 Å². The van der Waals surface area contributed by atoms with E-state index in [0.717, 1.165) is 16.5 Å². The lowest BCUT2D eigenvalue weighted by atomic mass is 9.78. The number of rotatable bonds is 5. The Hall–Kier alpha value is -2.07. The number of hydrogen-bond donors (Lipinski definition) is 1. The molecule has 2 atom stereocenters. The Morgan fingerprint density at radius 2 is 2.19 bits per heavy atom. The van der Waals surface area contributed by atoms with Crippen molar-refractivity contribution < 1.29 is 9.53 Å². The van der Waals surface area contributed by atoms with Crippen LogP contribution in [-0.4, -0.2) is 23.2 Å². The maximum absolute atomic E-state index is 12.2. The van der Waals surface area contributed by atoms with Crippen LogP contribution in [-0.2, 0) is 16.6 Å². The van der Waals surface area contributed by atoms with Gasteiger partial charge < -0.3 is 15.0 Å². The molecule has 0 saturated carbocycles. The molecule has 0 aliphatic carbocycles. The van der Waals surface area contributed by atoms with Crippen molar-refractivity contribution in [2.24, 2.45) is 12.8 Å². The highest BCUT2D eigenvalue weighted by Gasteiger charge is 2.41. The molecule has 1 aromatic carbocycles. The molecule has 112 valence electrons. The maximum atomic E-state index is 12.2. The van der Waals surface area contributed by atoms with Gasteiger partial charge in [0, 0.05) is 30.1 Å². The first-order valence-electron chi connectivity index (χ1n) is 6.97. The number of hydrogen-bond acceptors (Lipinski definition) is 3. The predicted octanol–water partition coefficient (Wildman–Crippen LogP) is 2.73. The zero-order valence-corrected chi connectivity index (χ0v) is 12.8. The van der Waals surface area contributed by atoms with Crippen LogP contribution in [0.25, 0.3) is 10.9 Å². The minimum Gasteiger partial charge on any atom is -0.468 e. The van der Waals surface area contributed by atoms with Crippen LogP contribution >= 0.6 is 0 Å². The number of para-hydroxylation sites is 1. The smallest absolute Gasteiger partial charge is 0.326 e. The summed E-state index contributed by atoms with van der Waals surface area (Å²) in [7, 11) is 3.35. The second kappa shape index (κ2) is 5.74. The molecule has 0 aliphatic rings. The van der Waals surface area contributed by atoms with Crippen molar-refractivity contribution in [2.75, 3.05) is 7.11 Å². The number of methoxy groups -OCH3 is 1. The summed E-state index contributed by atoms with van der Waals surface area (Å²) in [5.41, 5.74) is 7.43. The number of nitrogens with zero attached hydrogens (tertiary/aromatic N) is 1. The molecule has 2 rings (SSSR count). The van der Waals surface area contributed by atoms with Crippen LogP contribution in [0, 0.1) is 0 Å². The third-order valence-electron chi connectivity index (χ3n) is 4.21. The third-order valence-corrected chi connectivity index (χ3v) is 4.21. The first-order chi connectivity index (χ1) is 9.95. The van der Waals surface area contributed by atoms with Crippen LogP contribution < -0.4 is 5.73 Å². The largest absolute Gasteiger partial charge is 0.468 e. The van der Waals surface area contributed by atoms with Crippen LogP contribution in [0.3, 0.4) is 0 Å². The fourth-order valence-electron chi connectivity index (χ4n) is 2.86. The average Bonchev–Trinajstić information content (AvgIpc) is 2.83. The molecule has 0 radical (unpaired) electrons. The van der Waals surface area contributed by atoms with Crippen LogP contribution in [0.2, 0.25) is 0 Å². The van der Waals surface area contributed by atoms with Crippen LogP contribution in [0.5, 0.6) is 0 Å². The summed E-state index contributed by atoms with van der Waals surface area (Å²) in [4.78, 5) is 12.2. The average molecular weight is 286 g/mol.